The van der Waals surface area contributed by atoms with E-state index in [4.69, 9.17) is 9.47 Å². The first-order valence-electron chi connectivity index (χ1n) is 9.77. The van der Waals surface area contributed by atoms with Crippen molar-refractivity contribution >= 4 is 38.7 Å². The van der Waals surface area contributed by atoms with Crippen LogP contribution in [0.2, 0.25) is 0 Å². The van der Waals surface area contributed by atoms with Crippen LogP contribution in [0.15, 0.2) is 41.7 Å². The topological polar surface area (TPSA) is 131 Å². The summed E-state index contributed by atoms with van der Waals surface area (Å²) in [6.07, 6.45) is 4.44. The molecule has 2 aromatic heterocycles. The summed E-state index contributed by atoms with van der Waals surface area (Å²) in [6, 6.07) is 3.62. The highest BCUT2D eigenvalue weighted by atomic mass is 32.2. The lowest BCUT2D eigenvalue weighted by Crippen LogP contribution is -2.48. The molecular formula is C20H22N4O6S. The highest BCUT2D eigenvalue weighted by molar-refractivity contribution is 7.91. The van der Waals surface area contributed by atoms with Gasteiger partial charge in [-0.2, -0.15) is 0 Å². The summed E-state index contributed by atoms with van der Waals surface area (Å²) >= 11 is 0. The van der Waals surface area contributed by atoms with E-state index in [9.17, 15) is 18.0 Å². The zero-order valence-electron chi connectivity index (χ0n) is 17.0. The number of allylic oxidation sites excluding steroid dienone is 1. The molecule has 0 aliphatic carbocycles. The number of carbonyl (C=O) groups is 2. The van der Waals surface area contributed by atoms with Gasteiger partial charge in [0.15, 0.2) is 21.2 Å². The molecule has 0 amide bonds. The molecule has 1 saturated heterocycles. The average molecular weight is 446 g/mol. The third-order valence-corrected chi connectivity index (χ3v) is 6.42. The van der Waals surface area contributed by atoms with Gasteiger partial charge in [0.25, 0.3) is 0 Å². The van der Waals surface area contributed by atoms with Crippen LogP contribution in [-0.2, 0) is 28.9 Å². The van der Waals surface area contributed by atoms with Crippen molar-refractivity contribution in [2.24, 2.45) is 0 Å². The van der Waals surface area contributed by atoms with Crippen molar-refractivity contribution < 1.29 is 27.5 Å². The first-order valence-corrected chi connectivity index (χ1v) is 11.6. The molecule has 2 N–H and O–H groups in total. The summed E-state index contributed by atoms with van der Waals surface area (Å²) in [5.41, 5.74) is 3.95. The maximum atomic E-state index is 13.0. The quantitative estimate of drug-likeness (QED) is 0.391. The van der Waals surface area contributed by atoms with E-state index >= 15 is 0 Å². The van der Waals surface area contributed by atoms with E-state index in [0.717, 1.165) is 5.39 Å². The third-order valence-electron chi connectivity index (χ3n) is 4.81. The summed E-state index contributed by atoms with van der Waals surface area (Å²) in [4.78, 5) is 32.8. The zero-order valence-corrected chi connectivity index (χ0v) is 17.9. The third kappa shape index (κ3) is 4.47. The van der Waals surface area contributed by atoms with Crippen molar-refractivity contribution in [2.75, 3.05) is 24.6 Å². The fraction of sp³-hybridized carbons (Fsp3) is 0.350. The van der Waals surface area contributed by atoms with Crippen LogP contribution in [0, 0.1) is 0 Å². The molecule has 0 atom stereocenters. The second kappa shape index (κ2) is 8.16. The number of nitrogens with zero attached hydrogens (tertiary/aromatic N) is 2. The zero-order chi connectivity index (χ0) is 22.2. The van der Waals surface area contributed by atoms with Crippen molar-refractivity contribution in [1.82, 2.24) is 20.4 Å². The van der Waals surface area contributed by atoms with Crippen LogP contribution in [0.25, 0.3) is 17.1 Å². The van der Waals surface area contributed by atoms with Gasteiger partial charge in [-0.15, -0.1) is 0 Å². The van der Waals surface area contributed by atoms with E-state index in [-0.39, 0.29) is 41.8 Å². The number of Topliss-reactive ketones (excluding diaryl/α,β-unsaturated/α-hetero) is 1. The highest BCUT2D eigenvalue weighted by Crippen LogP contribution is 2.28. The maximum Gasteiger partial charge on any atom is 0.348 e. The number of aromatic nitrogens is 2. The van der Waals surface area contributed by atoms with Crippen LogP contribution in [0.3, 0.4) is 0 Å². The Morgan fingerprint density at radius 1 is 1.35 bits per heavy atom. The van der Waals surface area contributed by atoms with Gasteiger partial charge < -0.3 is 14.5 Å². The molecule has 4 rings (SSSR count). The Bertz CT molecular complexity index is 1200. The Morgan fingerprint density at radius 2 is 2.10 bits per heavy atom. The molecule has 10 nitrogen and oxygen atoms in total. The molecule has 164 valence electrons. The van der Waals surface area contributed by atoms with Gasteiger partial charge in [0.1, 0.15) is 5.65 Å². The minimum atomic E-state index is -3.09. The van der Waals surface area contributed by atoms with Crippen LogP contribution in [0.5, 0.6) is 0 Å². The van der Waals surface area contributed by atoms with Crippen molar-refractivity contribution in [1.29, 1.82) is 0 Å². The normalized spacial score (nSPS) is 20.5. The Balaban J connectivity index is 1.63. The number of pyridine rings is 1. The first kappa shape index (κ1) is 21.1. The van der Waals surface area contributed by atoms with Gasteiger partial charge in [0, 0.05) is 36.4 Å². The maximum absolute atomic E-state index is 13.0. The van der Waals surface area contributed by atoms with Crippen LogP contribution in [0.1, 0.15) is 19.4 Å². The van der Waals surface area contributed by atoms with Crippen LogP contribution >= 0.6 is 0 Å². The molecule has 0 saturated carbocycles. The van der Waals surface area contributed by atoms with Crippen LogP contribution < -0.4 is 5.43 Å². The molecule has 0 aromatic carbocycles. The number of rotatable bonds is 5. The summed E-state index contributed by atoms with van der Waals surface area (Å²) in [7, 11) is -3.09. The number of hydrogen-bond donors (Lipinski definition) is 2. The number of hydrazine groups is 1. The predicted molar refractivity (Wildman–Crippen MR) is 112 cm³/mol. The van der Waals surface area contributed by atoms with E-state index < -0.39 is 27.7 Å². The molecule has 0 spiro atoms. The number of fused-ring (bicyclic) bond motifs is 1. The standard InChI is InChI=1S/C20H22N4O6S/c1-12(2)29-20(26)16-17(25)15(10-13-11-22-18-14(13)4-3-5-21-18)30-19(16)23-24-6-8-31(27,28)9-7-24/h3-5,10-12,23H,6-9H2,1-2H3,(H,21,22). The van der Waals surface area contributed by atoms with E-state index in [1.165, 1.54) is 6.08 Å². The Morgan fingerprint density at radius 3 is 2.81 bits per heavy atom. The number of carbonyl (C=O) groups excluding carboxylic acids is 2. The molecule has 31 heavy (non-hydrogen) atoms. The summed E-state index contributed by atoms with van der Waals surface area (Å²) in [6.45, 7) is 3.75. The van der Waals surface area contributed by atoms with E-state index in [1.807, 2.05) is 6.07 Å². The monoisotopic (exact) mass is 446 g/mol. The fourth-order valence-corrected chi connectivity index (χ4v) is 4.47. The van der Waals surface area contributed by atoms with Crippen molar-refractivity contribution in [2.45, 2.75) is 20.0 Å². The van der Waals surface area contributed by atoms with E-state index in [0.29, 0.717) is 11.2 Å². The molecule has 0 unspecified atom stereocenters. The average Bonchev–Trinajstić information content (AvgIpc) is 3.24. The molecule has 0 radical (unpaired) electrons. The van der Waals surface area contributed by atoms with Gasteiger partial charge in [-0.1, -0.05) is 0 Å². The molecule has 2 aliphatic rings. The molecule has 11 heteroatoms. The van der Waals surface area contributed by atoms with Crippen molar-refractivity contribution in [3.63, 3.8) is 0 Å². The number of ether oxygens (including phenoxy) is 2. The van der Waals surface area contributed by atoms with Gasteiger partial charge in [0.05, 0.1) is 17.6 Å². The number of nitrogens with one attached hydrogen (secondary N) is 2. The Hall–Kier alpha value is -3.18. The number of aromatic amines is 1. The molecule has 0 bridgehead atoms. The lowest BCUT2D eigenvalue weighted by Gasteiger charge is -2.27. The minimum Gasteiger partial charge on any atom is -0.459 e. The molecule has 2 aromatic rings. The van der Waals surface area contributed by atoms with Gasteiger partial charge in [-0.05, 0) is 32.1 Å². The van der Waals surface area contributed by atoms with E-state index in [2.05, 4.69) is 15.4 Å². The summed E-state index contributed by atoms with van der Waals surface area (Å²) in [5.74, 6) is -1.60. The summed E-state index contributed by atoms with van der Waals surface area (Å²) in [5, 5.41) is 2.39. The SMILES string of the molecule is CC(C)OC(=O)C1=C(NN2CCS(=O)(=O)CC2)OC(=Cc2c[nH]c3ncccc23)C1=O. The number of esters is 1. The number of hydrogen-bond acceptors (Lipinski definition) is 9. The Labute approximate surface area is 178 Å². The fourth-order valence-electron chi connectivity index (χ4n) is 3.27. The number of sulfone groups is 1. The summed E-state index contributed by atoms with van der Waals surface area (Å²) < 4.78 is 34.3. The molecule has 1 fully saturated rings. The largest absolute Gasteiger partial charge is 0.459 e. The minimum absolute atomic E-state index is 0.0297. The smallest absolute Gasteiger partial charge is 0.348 e. The molecular weight excluding hydrogens is 424 g/mol. The van der Waals surface area contributed by atoms with Gasteiger partial charge >= 0.3 is 5.97 Å². The predicted octanol–water partition coefficient (Wildman–Crippen LogP) is 0.901. The number of H-pyrrole nitrogens is 1. The van der Waals surface area contributed by atoms with Gasteiger partial charge in [0.2, 0.25) is 11.7 Å². The van der Waals surface area contributed by atoms with Crippen molar-refractivity contribution in [3.05, 3.63) is 47.3 Å². The number of ketones is 1. The lowest BCUT2D eigenvalue weighted by molar-refractivity contribution is -0.143. The van der Waals surface area contributed by atoms with Crippen molar-refractivity contribution in [3.8, 4) is 0 Å². The van der Waals surface area contributed by atoms with E-state index in [1.54, 1.807) is 37.3 Å². The van der Waals surface area contributed by atoms with Crippen LogP contribution in [-0.4, -0.2) is 65.8 Å². The highest BCUT2D eigenvalue weighted by Gasteiger charge is 2.38. The van der Waals surface area contributed by atoms with Gasteiger partial charge in [-0.25, -0.2) is 23.2 Å². The Kier molecular flexibility index (Phi) is 5.54. The van der Waals surface area contributed by atoms with Crippen LogP contribution in [0.4, 0.5) is 0 Å². The molecule has 4 heterocycles. The second-order valence-corrected chi connectivity index (χ2v) is 9.80. The molecule has 2 aliphatic heterocycles. The lowest BCUT2D eigenvalue weighted by atomic mass is 10.1. The first-order chi connectivity index (χ1) is 14.7. The van der Waals surface area contributed by atoms with Gasteiger partial charge in [-0.3, -0.25) is 10.2 Å². The second-order valence-electron chi connectivity index (χ2n) is 7.49.